The van der Waals surface area contributed by atoms with E-state index < -0.39 is 0 Å². The molecule has 1 heterocycles. The van der Waals surface area contributed by atoms with E-state index in [4.69, 9.17) is 0 Å². The van der Waals surface area contributed by atoms with Crippen LogP contribution in [0.1, 0.15) is 38.2 Å². The van der Waals surface area contributed by atoms with Gasteiger partial charge in [-0.05, 0) is 43.4 Å². The maximum atomic E-state index is 4.42. The number of rotatable bonds is 4. The second kappa shape index (κ2) is 5.70. The number of aromatic nitrogens is 1. The summed E-state index contributed by atoms with van der Waals surface area (Å²) >= 11 is 0. The van der Waals surface area contributed by atoms with Crippen LogP contribution in [-0.2, 0) is 6.54 Å². The van der Waals surface area contributed by atoms with Crippen molar-refractivity contribution in [1.82, 2.24) is 10.3 Å². The lowest BCUT2D eigenvalue weighted by Gasteiger charge is -2.20. The van der Waals surface area contributed by atoms with Crippen molar-refractivity contribution in [3.63, 3.8) is 0 Å². The van der Waals surface area contributed by atoms with Crippen LogP contribution >= 0.6 is 0 Å². The lowest BCUT2D eigenvalue weighted by atomic mass is 9.99. The molecule has 100 valence electrons. The van der Waals surface area contributed by atoms with Crippen molar-refractivity contribution >= 4 is 10.9 Å². The summed E-state index contributed by atoms with van der Waals surface area (Å²) in [6, 6.07) is 11.1. The zero-order chi connectivity index (χ0) is 13.1. The molecule has 1 fully saturated rings. The standard InChI is InChI=1S/C17H22N2/c1-13(14-6-2-3-7-14)19-12-15-10-11-18-17-9-5-4-8-16(15)17/h4-5,8-11,13-14,19H,2-3,6-7,12H2,1H3. The Balaban J connectivity index is 1.71. The predicted octanol–water partition coefficient (Wildman–Crippen LogP) is 3.90. The monoisotopic (exact) mass is 254 g/mol. The molecule has 1 aromatic carbocycles. The Labute approximate surface area is 115 Å². The third kappa shape index (κ3) is 2.79. The summed E-state index contributed by atoms with van der Waals surface area (Å²) in [5.41, 5.74) is 2.45. The lowest BCUT2D eigenvalue weighted by molar-refractivity contribution is 0.381. The van der Waals surface area contributed by atoms with Gasteiger partial charge in [-0.3, -0.25) is 4.98 Å². The predicted molar refractivity (Wildman–Crippen MR) is 80.0 cm³/mol. The van der Waals surface area contributed by atoms with Crippen LogP contribution in [0.5, 0.6) is 0 Å². The molecule has 1 N–H and O–H groups in total. The second-order valence-electron chi connectivity index (χ2n) is 5.70. The molecule has 1 atom stereocenters. The van der Waals surface area contributed by atoms with Gasteiger partial charge >= 0.3 is 0 Å². The van der Waals surface area contributed by atoms with Gasteiger partial charge in [0.2, 0.25) is 0 Å². The minimum absolute atomic E-state index is 0.620. The molecule has 2 nitrogen and oxygen atoms in total. The fourth-order valence-corrected chi connectivity index (χ4v) is 3.20. The molecule has 0 amide bonds. The van der Waals surface area contributed by atoms with E-state index >= 15 is 0 Å². The van der Waals surface area contributed by atoms with Crippen LogP contribution < -0.4 is 5.32 Å². The van der Waals surface area contributed by atoms with Gasteiger partial charge in [0, 0.05) is 24.2 Å². The molecule has 0 radical (unpaired) electrons. The molecular weight excluding hydrogens is 232 g/mol. The lowest BCUT2D eigenvalue weighted by Crippen LogP contribution is -2.31. The molecule has 0 saturated heterocycles. The van der Waals surface area contributed by atoms with Gasteiger partial charge in [-0.15, -0.1) is 0 Å². The van der Waals surface area contributed by atoms with E-state index in [1.54, 1.807) is 0 Å². The second-order valence-corrected chi connectivity index (χ2v) is 5.70. The first-order valence-electron chi connectivity index (χ1n) is 7.40. The van der Waals surface area contributed by atoms with Crippen LogP contribution in [0.25, 0.3) is 10.9 Å². The SMILES string of the molecule is CC(NCc1ccnc2ccccc12)C1CCCC1. The maximum absolute atomic E-state index is 4.42. The van der Waals surface area contributed by atoms with Crippen LogP contribution in [0.15, 0.2) is 36.5 Å². The first-order chi connectivity index (χ1) is 9.34. The Morgan fingerprint density at radius 3 is 2.84 bits per heavy atom. The number of nitrogens with one attached hydrogen (secondary N) is 1. The highest BCUT2D eigenvalue weighted by Crippen LogP contribution is 2.27. The Bertz CT molecular complexity index is 538. The maximum Gasteiger partial charge on any atom is 0.0705 e. The average Bonchev–Trinajstić information content (AvgIpc) is 2.99. The van der Waals surface area contributed by atoms with Gasteiger partial charge in [-0.25, -0.2) is 0 Å². The molecular formula is C17H22N2. The summed E-state index contributed by atoms with van der Waals surface area (Å²) in [5, 5.41) is 4.98. The molecule has 1 aliphatic carbocycles. The molecule has 0 aliphatic heterocycles. The summed E-state index contributed by atoms with van der Waals surface area (Å²) in [5.74, 6) is 0.869. The molecule has 1 aromatic heterocycles. The Morgan fingerprint density at radius 2 is 2.00 bits per heavy atom. The quantitative estimate of drug-likeness (QED) is 0.895. The molecule has 19 heavy (non-hydrogen) atoms. The fourth-order valence-electron chi connectivity index (χ4n) is 3.20. The smallest absolute Gasteiger partial charge is 0.0705 e. The van der Waals surface area contributed by atoms with E-state index in [-0.39, 0.29) is 0 Å². The molecule has 1 unspecified atom stereocenters. The Morgan fingerprint density at radius 1 is 1.21 bits per heavy atom. The van der Waals surface area contributed by atoms with Crippen LogP contribution in [0.4, 0.5) is 0 Å². The average molecular weight is 254 g/mol. The number of pyridine rings is 1. The number of nitrogens with zero attached hydrogens (tertiary/aromatic N) is 1. The summed E-state index contributed by atoms with van der Waals surface area (Å²) in [6.45, 7) is 3.28. The van der Waals surface area contributed by atoms with E-state index in [0.29, 0.717) is 6.04 Å². The topological polar surface area (TPSA) is 24.9 Å². The minimum Gasteiger partial charge on any atom is -0.310 e. The molecule has 1 saturated carbocycles. The van der Waals surface area contributed by atoms with Gasteiger partial charge in [-0.1, -0.05) is 31.0 Å². The summed E-state index contributed by atoms with van der Waals surface area (Å²) < 4.78 is 0. The highest BCUT2D eigenvalue weighted by Gasteiger charge is 2.20. The van der Waals surface area contributed by atoms with Crippen LogP contribution in [0.2, 0.25) is 0 Å². The van der Waals surface area contributed by atoms with Crippen molar-refractivity contribution in [3.8, 4) is 0 Å². The van der Waals surface area contributed by atoms with Gasteiger partial charge in [-0.2, -0.15) is 0 Å². The summed E-state index contributed by atoms with van der Waals surface area (Å²) in [7, 11) is 0. The number of para-hydroxylation sites is 1. The summed E-state index contributed by atoms with van der Waals surface area (Å²) in [6.07, 6.45) is 7.53. The highest BCUT2D eigenvalue weighted by atomic mass is 14.9. The van der Waals surface area contributed by atoms with Crippen LogP contribution in [0, 0.1) is 5.92 Å². The van der Waals surface area contributed by atoms with Gasteiger partial charge in [0.05, 0.1) is 5.52 Å². The first kappa shape index (κ1) is 12.6. The molecule has 1 aliphatic rings. The number of hydrogen-bond donors (Lipinski definition) is 1. The fraction of sp³-hybridized carbons (Fsp3) is 0.471. The van der Waals surface area contributed by atoms with Crippen molar-refractivity contribution in [2.24, 2.45) is 5.92 Å². The van der Waals surface area contributed by atoms with Gasteiger partial charge < -0.3 is 5.32 Å². The van der Waals surface area contributed by atoms with E-state index in [9.17, 15) is 0 Å². The molecule has 2 aromatic rings. The first-order valence-corrected chi connectivity index (χ1v) is 7.40. The molecule has 2 heteroatoms. The van der Waals surface area contributed by atoms with Crippen molar-refractivity contribution < 1.29 is 0 Å². The number of hydrogen-bond acceptors (Lipinski definition) is 2. The molecule has 0 bridgehead atoms. The Kier molecular flexibility index (Phi) is 3.79. The van der Waals surface area contributed by atoms with Crippen LogP contribution in [0.3, 0.4) is 0 Å². The van der Waals surface area contributed by atoms with E-state index in [1.165, 1.54) is 36.6 Å². The van der Waals surface area contributed by atoms with E-state index in [0.717, 1.165) is 18.0 Å². The van der Waals surface area contributed by atoms with E-state index in [2.05, 4.69) is 41.5 Å². The highest BCUT2D eigenvalue weighted by molar-refractivity contribution is 5.81. The van der Waals surface area contributed by atoms with E-state index in [1.807, 2.05) is 12.3 Å². The normalized spacial score (nSPS) is 17.9. The minimum atomic E-state index is 0.620. The summed E-state index contributed by atoms with van der Waals surface area (Å²) in [4.78, 5) is 4.42. The number of benzene rings is 1. The van der Waals surface area contributed by atoms with Gasteiger partial charge in [0.15, 0.2) is 0 Å². The van der Waals surface area contributed by atoms with Gasteiger partial charge in [0.1, 0.15) is 0 Å². The zero-order valence-corrected chi connectivity index (χ0v) is 11.6. The van der Waals surface area contributed by atoms with Crippen molar-refractivity contribution in [3.05, 3.63) is 42.1 Å². The molecule has 3 rings (SSSR count). The van der Waals surface area contributed by atoms with Gasteiger partial charge in [0.25, 0.3) is 0 Å². The number of fused-ring (bicyclic) bond motifs is 1. The Hall–Kier alpha value is -1.41. The van der Waals surface area contributed by atoms with Crippen LogP contribution in [-0.4, -0.2) is 11.0 Å². The van der Waals surface area contributed by atoms with Crippen molar-refractivity contribution in [1.29, 1.82) is 0 Å². The third-order valence-corrected chi connectivity index (χ3v) is 4.46. The largest absolute Gasteiger partial charge is 0.310 e. The van der Waals surface area contributed by atoms with Crippen molar-refractivity contribution in [2.75, 3.05) is 0 Å². The third-order valence-electron chi connectivity index (χ3n) is 4.46. The molecule has 0 spiro atoms. The van der Waals surface area contributed by atoms with Crippen molar-refractivity contribution in [2.45, 2.75) is 45.2 Å². The zero-order valence-electron chi connectivity index (χ0n) is 11.6.